The number of nitrogens with one attached hydrogen (secondary N) is 2. The quantitative estimate of drug-likeness (QED) is 0.170. The summed E-state index contributed by atoms with van der Waals surface area (Å²) in [5.74, 6) is -0.845. The molecule has 4 aromatic rings. The highest BCUT2D eigenvalue weighted by molar-refractivity contribution is 7.78. The second-order valence-corrected chi connectivity index (χ2v) is 13.7. The fourth-order valence-corrected chi connectivity index (χ4v) is 7.51. The van der Waals surface area contributed by atoms with Gasteiger partial charge in [-0.1, -0.05) is 43.8 Å². The van der Waals surface area contributed by atoms with E-state index in [4.69, 9.17) is 16.6 Å². The third-order valence-electron chi connectivity index (χ3n) is 9.79. The summed E-state index contributed by atoms with van der Waals surface area (Å²) in [6, 6.07) is 2.68. The van der Waals surface area contributed by atoms with Crippen molar-refractivity contribution >= 4 is 53.3 Å². The molecule has 3 N–H and O–H groups in total. The van der Waals surface area contributed by atoms with Gasteiger partial charge in [-0.05, 0) is 69.2 Å². The van der Waals surface area contributed by atoms with Crippen LogP contribution in [0.1, 0.15) is 84.3 Å². The molecule has 4 heterocycles. The molecule has 2 aliphatic rings. The number of aryl methyl sites for hydroxylation is 1. The Hall–Kier alpha value is -4.48. The number of hydrogen-bond donors (Lipinski definition) is 4. The smallest absolute Gasteiger partial charge is 0.416 e. The lowest BCUT2D eigenvalue weighted by Crippen LogP contribution is -2.50. The zero-order valence-corrected chi connectivity index (χ0v) is 30.1. The minimum atomic E-state index is -4.61. The number of allylic oxidation sites excluding steroid dienone is 1. The van der Waals surface area contributed by atoms with Crippen LogP contribution in [0, 0.1) is 6.92 Å². The SMILES string of the molecule is CCC/C(=C\CNS)c1nc2n(CC(=O)Nc3ccc(C(F)(F)F)cc3Cl)c3c(c(=O)n2n1)C1(CCC3)CCN(C(=O)c2ncnc(C)c2O)CC1. The fraction of sp³-hybridized carbons (Fsp3) is 0.441. The predicted octanol–water partition coefficient (Wildman–Crippen LogP) is 5.13. The maximum Gasteiger partial charge on any atom is 0.416 e. The molecule has 13 nitrogen and oxygen atoms in total. The van der Waals surface area contributed by atoms with Crippen molar-refractivity contribution in [3.8, 4) is 5.75 Å². The molecule has 1 aliphatic heterocycles. The van der Waals surface area contributed by atoms with E-state index in [1.54, 1.807) is 16.4 Å². The number of hydrogen-bond acceptors (Lipinski definition) is 10. The normalized spacial score (nSPS) is 16.0. The zero-order valence-electron chi connectivity index (χ0n) is 28.4. The third kappa shape index (κ3) is 7.13. The van der Waals surface area contributed by atoms with Gasteiger partial charge in [0.15, 0.2) is 17.3 Å². The van der Waals surface area contributed by atoms with E-state index in [0.29, 0.717) is 62.2 Å². The molecule has 1 saturated heterocycles. The van der Waals surface area contributed by atoms with Crippen LogP contribution in [0.3, 0.4) is 0 Å². The largest absolute Gasteiger partial charge is 0.504 e. The van der Waals surface area contributed by atoms with Crippen LogP contribution in [0.15, 0.2) is 35.4 Å². The molecule has 52 heavy (non-hydrogen) atoms. The number of halogens is 4. The van der Waals surface area contributed by atoms with E-state index in [-0.39, 0.29) is 58.8 Å². The molecule has 6 rings (SSSR count). The summed E-state index contributed by atoms with van der Waals surface area (Å²) in [5, 5.41) is 17.4. The van der Waals surface area contributed by atoms with E-state index in [1.165, 1.54) is 10.8 Å². The first-order valence-electron chi connectivity index (χ1n) is 16.8. The minimum absolute atomic E-state index is 0.00129. The van der Waals surface area contributed by atoms with Crippen LogP contribution < -0.4 is 15.6 Å². The first-order chi connectivity index (χ1) is 24.8. The molecule has 18 heteroatoms. The van der Waals surface area contributed by atoms with E-state index in [0.717, 1.165) is 30.2 Å². The molecule has 2 amide bonds. The number of likely N-dealkylation sites (tertiary alicyclic amines) is 1. The van der Waals surface area contributed by atoms with E-state index in [9.17, 15) is 32.7 Å². The highest BCUT2D eigenvalue weighted by atomic mass is 35.5. The van der Waals surface area contributed by atoms with Gasteiger partial charge in [0.1, 0.15) is 12.9 Å². The van der Waals surface area contributed by atoms with Gasteiger partial charge in [-0.15, -0.1) is 5.10 Å². The van der Waals surface area contributed by atoms with Gasteiger partial charge in [-0.25, -0.2) is 9.97 Å². The molecule has 0 saturated carbocycles. The highest BCUT2D eigenvalue weighted by Gasteiger charge is 2.45. The monoisotopic (exact) mass is 759 g/mol. The summed E-state index contributed by atoms with van der Waals surface area (Å²) in [6.45, 7) is 4.23. The lowest BCUT2D eigenvalue weighted by molar-refractivity contribution is -0.137. The topological polar surface area (TPSA) is 160 Å². The molecule has 0 bridgehead atoms. The Balaban J connectivity index is 1.40. The number of anilines is 1. The average Bonchev–Trinajstić information content (AvgIpc) is 3.56. The standard InChI is InChI=1S/C34H37ClF3N9O4S/c1-3-5-20(9-13-41-52)29-43-32-46(17-25(48)42-23-8-7-21(16-22(23)35)34(36,37)38)24-6-4-10-33(26(24)30(50)47(32)44-29)11-14-45(15-12-33)31(51)27-28(49)19(2)39-18-40-27/h7-9,16,18,41,49,52H,3-6,10-15,17H2,1-2H3,(H,42,48)/b20-9+. The second-order valence-electron chi connectivity index (χ2n) is 13.0. The van der Waals surface area contributed by atoms with Gasteiger partial charge >= 0.3 is 6.18 Å². The Morgan fingerprint density at radius 3 is 2.60 bits per heavy atom. The Morgan fingerprint density at radius 1 is 1.17 bits per heavy atom. The van der Waals surface area contributed by atoms with Crippen molar-refractivity contribution in [3.05, 3.63) is 80.0 Å². The van der Waals surface area contributed by atoms with Crippen LogP contribution in [0.25, 0.3) is 11.4 Å². The molecule has 276 valence electrons. The molecule has 0 unspecified atom stereocenters. The summed E-state index contributed by atoms with van der Waals surface area (Å²) in [4.78, 5) is 55.9. The van der Waals surface area contributed by atoms with Crippen molar-refractivity contribution in [2.24, 2.45) is 0 Å². The van der Waals surface area contributed by atoms with E-state index >= 15 is 0 Å². The molecule has 1 aromatic carbocycles. The number of amides is 2. The second kappa shape index (κ2) is 14.9. The van der Waals surface area contributed by atoms with E-state index < -0.39 is 29.0 Å². The van der Waals surface area contributed by atoms with Crippen LogP contribution in [-0.4, -0.2) is 70.6 Å². The maximum atomic E-state index is 14.5. The Bertz CT molecular complexity index is 2130. The Morgan fingerprint density at radius 2 is 1.92 bits per heavy atom. The minimum Gasteiger partial charge on any atom is -0.504 e. The van der Waals surface area contributed by atoms with Crippen LogP contribution in [0.5, 0.6) is 5.75 Å². The summed E-state index contributed by atoms with van der Waals surface area (Å²) in [6.07, 6.45) is 2.54. The van der Waals surface area contributed by atoms with Crippen molar-refractivity contribution in [1.29, 1.82) is 0 Å². The van der Waals surface area contributed by atoms with Gasteiger partial charge in [0.2, 0.25) is 11.7 Å². The first-order valence-corrected chi connectivity index (χ1v) is 17.7. The van der Waals surface area contributed by atoms with E-state index in [2.05, 4.69) is 37.9 Å². The number of alkyl halides is 3. The van der Waals surface area contributed by atoms with Crippen LogP contribution in [0.2, 0.25) is 5.02 Å². The van der Waals surface area contributed by atoms with Gasteiger partial charge in [0.05, 0.1) is 22.0 Å². The Labute approximate surface area is 306 Å². The van der Waals surface area contributed by atoms with Gasteiger partial charge in [0.25, 0.3) is 11.5 Å². The van der Waals surface area contributed by atoms with Gasteiger partial charge in [0, 0.05) is 36.3 Å². The number of carbonyl (C=O) groups excluding carboxylic acids is 2. The van der Waals surface area contributed by atoms with Crippen molar-refractivity contribution < 1.29 is 27.9 Å². The molecule has 0 atom stereocenters. The van der Waals surface area contributed by atoms with Gasteiger partial charge < -0.3 is 19.9 Å². The number of rotatable bonds is 9. The molecular weight excluding hydrogens is 723 g/mol. The number of carbonyl (C=O) groups is 2. The lowest BCUT2D eigenvalue weighted by Gasteiger charge is -2.45. The molecule has 3 aromatic heterocycles. The zero-order chi connectivity index (χ0) is 37.4. The number of piperidine rings is 1. The average molecular weight is 760 g/mol. The summed E-state index contributed by atoms with van der Waals surface area (Å²) >= 11 is 10.2. The number of aromatic hydroxyl groups is 1. The first kappa shape index (κ1) is 37.3. The maximum absolute atomic E-state index is 14.5. The molecular formula is C34H37ClF3N9O4S. The van der Waals surface area contributed by atoms with Gasteiger partial charge in [-0.2, -0.15) is 22.7 Å². The van der Waals surface area contributed by atoms with Crippen LogP contribution in [-0.2, 0) is 29.4 Å². The third-order valence-corrected chi connectivity index (χ3v) is 10.3. The predicted molar refractivity (Wildman–Crippen MR) is 190 cm³/mol. The molecule has 1 spiro atoms. The van der Waals surface area contributed by atoms with Crippen molar-refractivity contribution in [1.82, 2.24) is 38.8 Å². The van der Waals surface area contributed by atoms with Gasteiger partial charge in [-0.3, -0.25) is 19.1 Å². The molecule has 1 fully saturated rings. The Kier molecular flexibility index (Phi) is 10.7. The summed E-state index contributed by atoms with van der Waals surface area (Å²) in [7, 11) is 0. The number of fused-ring (bicyclic) bond motifs is 3. The van der Waals surface area contributed by atoms with Crippen molar-refractivity contribution in [2.75, 3.05) is 25.0 Å². The molecule has 1 aliphatic carbocycles. The fourth-order valence-electron chi connectivity index (χ4n) is 7.19. The summed E-state index contributed by atoms with van der Waals surface area (Å²) < 4.78 is 45.4. The van der Waals surface area contributed by atoms with Crippen molar-refractivity contribution in [2.45, 2.75) is 76.9 Å². The van der Waals surface area contributed by atoms with Crippen LogP contribution in [0.4, 0.5) is 18.9 Å². The summed E-state index contributed by atoms with van der Waals surface area (Å²) in [5.41, 5.74) is 0.112. The van der Waals surface area contributed by atoms with E-state index in [1.807, 2.05) is 13.0 Å². The van der Waals surface area contributed by atoms with Crippen molar-refractivity contribution in [3.63, 3.8) is 0 Å². The molecule has 0 radical (unpaired) electrons. The lowest BCUT2D eigenvalue weighted by atomic mass is 9.66. The number of benzene rings is 1. The highest BCUT2D eigenvalue weighted by Crippen LogP contribution is 2.44. The number of aromatic nitrogens is 6. The van der Waals surface area contributed by atoms with Crippen LogP contribution >= 0.6 is 24.4 Å². The number of thiol groups is 1. The number of nitrogens with zero attached hydrogens (tertiary/aromatic N) is 7.